The third kappa shape index (κ3) is 4.23. The Bertz CT molecular complexity index is 3130. The van der Waals surface area contributed by atoms with Gasteiger partial charge < -0.3 is 9.05 Å². The molecule has 3 heterocycles. The van der Waals surface area contributed by atoms with E-state index in [1.807, 2.05) is 36.4 Å². The van der Waals surface area contributed by atoms with Crippen molar-refractivity contribution in [3.05, 3.63) is 162 Å². The predicted octanol–water partition coefficient (Wildman–Crippen LogP) is 8.68. The fraction of sp³-hybridized carbons (Fsp3) is 0. The van der Waals surface area contributed by atoms with Gasteiger partial charge in [0.15, 0.2) is 0 Å². The first-order valence-corrected chi connectivity index (χ1v) is 17.2. The zero-order valence-electron chi connectivity index (χ0n) is 28.0. The first-order valence-electron chi connectivity index (χ1n) is 17.2. The van der Waals surface area contributed by atoms with E-state index in [-0.39, 0.29) is 0 Å². The molecule has 1 aliphatic rings. The van der Waals surface area contributed by atoms with Crippen LogP contribution in [0.5, 0.6) is 0 Å². The average Bonchev–Trinajstić information content (AvgIpc) is 3.73. The Morgan fingerprint density at radius 1 is 0.415 bits per heavy atom. The van der Waals surface area contributed by atoms with Gasteiger partial charge >= 0.3 is 6.85 Å². The smallest absolute Gasteiger partial charge is 0.332 e. The highest BCUT2D eigenvalue weighted by Crippen LogP contribution is 2.41. The van der Waals surface area contributed by atoms with Crippen molar-refractivity contribution in [2.75, 3.05) is 0 Å². The normalized spacial score (nSPS) is 11.7. The van der Waals surface area contributed by atoms with Gasteiger partial charge in [-0.3, -0.25) is 0 Å². The molecule has 10 rings (SSSR count). The van der Waals surface area contributed by atoms with Crippen molar-refractivity contribution in [1.82, 2.24) is 9.05 Å². The van der Waals surface area contributed by atoms with Gasteiger partial charge in [-0.1, -0.05) is 91.0 Å². The van der Waals surface area contributed by atoms with Crippen molar-refractivity contribution < 1.29 is 0 Å². The van der Waals surface area contributed by atoms with Gasteiger partial charge in [0.1, 0.15) is 12.1 Å². The molecule has 0 bridgehead atoms. The Kier molecular flexibility index (Phi) is 6.43. The Hall–Kier alpha value is -7.84. The summed E-state index contributed by atoms with van der Waals surface area (Å²) in [5.41, 5.74) is 12.0. The molecule has 0 unspecified atom stereocenters. The molecule has 0 saturated carbocycles. The predicted molar refractivity (Wildman–Crippen MR) is 210 cm³/mol. The van der Waals surface area contributed by atoms with Crippen LogP contribution in [0.3, 0.4) is 0 Å². The summed E-state index contributed by atoms with van der Waals surface area (Å²) in [5, 5.41) is 44.8. The fourth-order valence-corrected chi connectivity index (χ4v) is 8.48. The van der Waals surface area contributed by atoms with Crippen molar-refractivity contribution in [2.45, 2.75) is 0 Å². The van der Waals surface area contributed by atoms with E-state index in [2.05, 4.69) is 112 Å². The number of hydrogen-bond donors (Lipinski definition) is 0. The summed E-state index contributed by atoms with van der Waals surface area (Å²) < 4.78 is 4.46. The molecule has 7 heteroatoms. The van der Waals surface area contributed by atoms with Crippen LogP contribution in [-0.4, -0.2) is 15.9 Å². The lowest BCUT2D eigenvalue weighted by Gasteiger charge is -2.29. The third-order valence-electron chi connectivity index (χ3n) is 10.6. The molecule has 53 heavy (non-hydrogen) atoms. The number of fused-ring (bicyclic) bond motifs is 8. The molecule has 6 nitrogen and oxygen atoms in total. The Labute approximate surface area is 304 Å². The maximum Gasteiger partial charge on any atom is 0.332 e. The van der Waals surface area contributed by atoms with E-state index in [0.29, 0.717) is 44.1 Å². The molecule has 0 fully saturated rings. The summed E-state index contributed by atoms with van der Waals surface area (Å²) in [7, 11) is 0. The third-order valence-corrected chi connectivity index (χ3v) is 10.6. The summed E-state index contributed by atoms with van der Waals surface area (Å²) >= 11 is 0. The topological polar surface area (TPSA) is 105 Å². The Balaban J connectivity index is 1.42. The summed E-state index contributed by atoms with van der Waals surface area (Å²) in [6.45, 7) is -0.483. The SMILES string of the molecule is N#Cc1cc(C#N)c2c(c1)c1cc(C#N)cc(C#N)c1n2B1c2ccccc2-n2c3ccc(-c4ccccc4)cc3c3cc(-c4ccccc4)cc1c32. The van der Waals surface area contributed by atoms with Gasteiger partial charge in [-0.2, -0.15) is 21.0 Å². The van der Waals surface area contributed by atoms with Gasteiger partial charge in [-0.25, -0.2) is 0 Å². The van der Waals surface area contributed by atoms with Crippen LogP contribution >= 0.6 is 0 Å². The lowest BCUT2D eigenvalue weighted by molar-refractivity contribution is 1.18. The molecule has 9 aromatic rings. The van der Waals surface area contributed by atoms with Crippen molar-refractivity contribution >= 4 is 61.4 Å². The zero-order chi connectivity index (χ0) is 35.8. The molecular formula is C46H23BN6. The van der Waals surface area contributed by atoms with Crippen molar-refractivity contribution in [3.8, 4) is 52.2 Å². The molecule has 0 spiro atoms. The molecule has 0 amide bonds. The summed E-state index contributed by atoms with van der Waals surface area (Å²) in [6.07, 6.45) is 0. The highest BCUT2D eigenvalue weighted by Gasteiger charge is 2.38. The molecular weight excluding hydrogens is 647 g/mol. The quantitative estimate of drug-likeness (QED) is 0.175. The maximum atomic E-state index is 10.7. The highest BCUT2D eigenvalue weighted by atomic mass is 15.0. The molecule has 0 radical (unpaired) electrons. The standard InChI is InChI=1S/C46H23BN6/c48-24-28-17-34(26-50)44-37(19-28)38-20-29(25-49)18-35(27-51)45(38)53(44)47-40-13-7-8-14-43(40)52-42-16-15-32(30-9-3-1-4-10-30)21-36(42)39-22-33(23-41(47)46(39)52)31-11-5-2-6-12-31/h1-23H. The highest BCUT2D eigenvalue weighted by molar-refractivity contribution is 6.88. The summed E-state index contributed by atoms with van der Waals surface area (Å²) in [5.74, 6) is 0. The maximum absolute atomic E-state index is 10.7. The van der Waals surface area contributed by atoms with Crippen LogP contribution in [0.2, 0.25) is 0 Å². The number of aromatic nitrogens is 2. The van der Waals surface area contributed by atoms with Crippen LogP contribution < -0.4 is 10.9 Å². The van der Waals surface area contributed by atoms with Crippen LogP contribution in [0.15, 0.2) is 140 Å². The molecule has 0 aliphatic carbocycles. The first-order chi connectivity index (χ1) is 26.1. The van der Waals surface area contributed by atoms with Gasteiger partial charge in [0.05, 0.1) is 56.5 Å². The van der Waals surface area contributed by atoms with E-state index in [1.54, 1.807) is 24.3 Å². The van der Waals surface area contributed by atoms with Crippen LogP contribution in [0.25, 0.3) is 71.6 Å². The van der Waals surface area contributed by atoms with E-state index >= 15 is 0 Å². The summed E-state index contributed by atoms with van der Waals surface area (Å²) in [6, 6.07) is 56.2. The minimum atomic E-state index is -0.483. The minimum Gasteiger partial charge on any atom is -0.374 e. The first kappa shape index (κ1) is 30.0. The van der Waals surface area contributed by atoms with E-state index in [1.165, 1.54) is 0 Å². The molecule has 2 aromatic heterocycles. The van der Waals surface area contributed by atoms with E-state index in [0.717, 1.165) is 60.7 Å². The molecule has 1 aliphatic heterocycles. The zero-order valence-corrected chi connectivity index (χ0v) is 28.0. The van der Waals surface area contributed by atoms with Gasteiger partial charge in [0.25, 0.3) is 0 Å². The fourth-order valence-electron chi connectivity index (χ4n) is 8.48. The number of nitriles is 4. The second-order valence-corrected chi connectivity index (χ2v) is 13.4. The van der Waals surface area contributed by atoms with Crippen LogP contribution in [-0.2, 0) is 0 Å². The van der Waals surface area contributed by atoms with Gasteiger partial charge in [0, 0.05) is 27.2 Å². The van der Waals surface area contributed by atoms with Crippen LogP contribution in [0.4, 0.5) is 0 Å². The molecule has 0 atom stereocenters. The average molecular weight is 671 g/mol. The van der Waals surface area contributed by atoms with Gasteiger partial charge in [-0.15, -0.1) is 0 Å². The van der Waals surface area contributed by atoms with Crippen molar-refractivity contribution in [1.29, 1.82) is 21.0 Å². The van der Waals surface area contributed by atoms with Crippen molar-refractivity contribution in [2.24, 2.45) is 0 Å². The Morgan fingerprint density at radius 3 is 1.57 bits per heavy atom. The molecule has 7 aromatic carbocycles. The number of nitrogens with zero attached hydrogens (tertiary/aromatic N) is 6. The van der Waals surface area contributed by atoms with Gasteiger partial charge in [0.2, 0.25) is 0 Å². The number of benzene rings is 7. The molecule has 0 N–H and O–H groups in total. The number of para-hydroxylation sites is 1. The lowest BCUT2D eigenvalue weighted by atomic mass is 9.48. The molecule has 240 valence electrons. The van der Waals surface area contributed by atoms with Crippen LogP contribution in [0, 0.1) is 45.3 Å². The number of rotatable bonds is 3. The van der Waals surface area contributed by atoms with Gasteiger partial charge in [-0.05, 0) is 81.7 Å². The van der Waals surface area contributed by atoms with E-state index in [9.17, 15) is 21.0 Å². The van der Waals surface area contributed by atoms with Crippen LogP contribution in [0.1, 0.15) is 22.3 Å². The lowest BCUT2D eigenvalue weighted by Crippen LogP contribution is -2.53. The molecule has 0 saturated heterocycles. The van der Waals surface area contributed by atoms with E-state index in [4.69, 9.17) is 0 Å². The number of hydrogen-bond acceptors (Lipinski definition) is 4. The summed E-state index contributed by atoms with van der Waals surface area (Å²) in [4.78, 5) is 0. The van der Waals surface area contributed by atoms with Crippen molar-refractivity contribution in [3.63, 3.8) is 0 Å². The van der Waals surface area contributed by atoms with E-state index < -0.39 is 6.85 Å². The largest absolute Gasteiger partial charge is 0.374 e. The monoisotopic (exact) mass is 670 g/mol. The second kappa shape index (κ2) is 11.3. The minimum absolute atomic E-state index is 0.323. The Morgan fingerprint density at radius 2 is 0.962 bits per heavy atom. The second-order valence-electron chi connectivity index (χ2n) is 13.4.